The van der Waals surface area contributed by atoms with Gasteiger partial charge in [0, 0.05) is 71.1 Å². The predicted molar refractivity (Wildman–Crippen MR) is 285 cm³/mol. The van der Waals surface area contributed by atoms with E-state index in [1.165, 1.54) is 0 Å². The Morgan fingerprint density at radius 2 is 0.757 bits per heavy atom. The Bertz CT molecular complexity index is 4310. The van der Waals surface area contributed by atoms with Crippen LogP contribution < -0.4 is 0 Å². The summed E-state index contributed by atoms with van der Waals surface area (Å²) in [5.74, 6) is 1.82. The van der Waals surface area contributed by atoms with E-state index in [0.29, 0.717) is 17.5 Å². The molecule has 0 spiro atoms. The first-order valence-electron chi connectivity index (χ1n) is 23.4. The van der Waals surface area contributed by atoms with Crippen molar-refractivity contribution in [3.05, 3.63) is 231 Å². The number of para-hydroxylation sites is 4. The second-order valence-electron chi connectivity index (χ2n) is 17.7. The molecule has 0 saturated carbocycles. The number of rotatable bonds is 7. The van der Waals surface area contributed by atoms with Crippen LogP contribution in [-0.2, 0) is 0 Å². The lowest BCUT2D eigenvalue weighted by molar-refractivity contribution is 0.669. The highest BCUT2D eigenvalue weighted by molar-refractivity contribution is 6.27. The van der Waals surface area contributed by atoms with Crippen molar-refractivity contribution in [2.75, 3.05) is 0 Å². The van der Waals surface area contributed by atoms with Gasteiger partial charge in [0.25, 0.3) is 0 Å². The topological polar surface area (TPSA) is 77.8 Å². The summed E-state index contributed by atoms with van der Waals surface area (Å²) >= 11 is 0. The lowest BCUT2D eigenvalue weighted by Crippen LogP contribution is -2.00. The first-order chi connectivity index (χ1) is 34.7. The van der Waals surface area contributed by atoms with Crippen LogP contribution >= 0.6 is 0 Å². The van der Waals surface area contributed by atoms with Crippen LogP contribution in [0.5, 0.6) is 0 Å². The van der Waals surface area contributed by atoms with Crippen molar-refractivity contribution in [2.24, 2.45) is 0 Å². The number of nitrogens with zero attached hydrogens (tertiary/aromatic N) is 4. The Hall–Kier alpha value is -9.52. The molecule has 0 N–H and O–H groups in total. The summed E-state index contributed by atoms with van der Waals surface area (Å²) < 4.78 is 13.0. The van der Waals surface area contributed by atoms with Crippen LogP contribution in [0.15, 0.2) is 239 Å². The molecule has 14 rings (SSSR count). The minimum Gasteiger partial charge on any atom is -0.456 e. The van der Waals surface area contributed by atoms with Gasteiger partial charge in [-0.05, 0) is 46.5 Å². The maximum Gasteiger partial charge on any atom is 0.164 e. The molecule has 0 amide bonds. The number of aromatic nitrogens is 4. The summed E-state index contributed by atoms with van der Waals surface area (Å²) in [4.78, 5) is 20.4. The van der Waals surface area contributed by atoms with E-state index < -0.39 is 0 Å². The van der Waals surface area contributed by atoms with E-state index in [0.717, 1.165) is 127 Å². The van der Waals surface area contributed by atoms with E-state index in [1.807, 2.05) is 66.7 Å². The van der Waals surface area contributed by atoms with Gasteiger partial charge in [0.15, 0.2) is 17.5 Å². The minimum atomic E-state index is 0.601. The molecule has 0 unspecified atom stereocenters. The molecule has 0 fully saturated rings. The van der Waals surface area contributed by atoms with Crippen LogP contribution in [0.3, 0.4) is 0 Å². The second-order valence-corrected chi connectivity index (χ2v) is 17.7. The van der Waals surface area contributed by atoms with E-state index in [-0.39, 0.29) is 0 Å². The quantitative estimate of drug-likeness (QED) is 0.148. The van der Waals surface area contributed by atoms with Crippen molar-refractivity contribution in [3.63, 3.8) is 0 Å². The van der Waals surface area contributed by atoms with Crippen molar-refractivity contribution in [1.29, 1.82) is 0 Å². The van der Waals surface area contributed by atoms with Crippen LogP contribution in [0.25, 0.3) is 144 Å². The largest absolute Gasteiger partial charge is 0.456 e. The number of fused-ring (bicyclic) bond motifs is 9. The highest BCUT2D eigenvalue weighted by Gasteiger charge is 2.22. The van der Waals surface area contributed by atoms with Crippen LogP contribution in [0.1, 0.15) is 0 Å². The van der Waals surface area contributed by atoms with Gasteiger partial charge in [0.2, 0.25) is 0 Å². The highest BCUT2D eigenvalue weighted by Crippen LogP contribution is 2.47. The van der Waals surface area contributed by atoms with Crippen molar-refractivity contribution in [2.45, 2.75) is 0 Å². The molecule has 4 heterocycles. The summed E-state index contributed by atoms with van der Waals surface area (Å²) in [5, 5.41) is 7.70. The number of hydrogen-bond acceptors (Lipinski definition) is 6. The Morgan fingerprint density at radius 1 is 0.271 bits per heavy atom. The Balaban J connectivity index is 0.842. The molecule has 6 heteroatoms. The summed E-state index contributed by atoms with van der Waals surface area (Å²) in [7, 11) is 0. The van der Waals surface area contributed by atoms with Gasteiger partial charge >= 0.3 is 0 Å². The maximum atomic E-state index is 6.63. The molecule has 326 valence electrons. The summed E-state index contributed by atoms with van der Waals surface area (Å²) in [6, 6.07) is 79.8. The average molecular weight is 895 g/mol. The molecule has 70 heavy (non-hydrogen) atoms. The maximum absolute atomic E-state index is 6.63. The Kier molecular flexibility index (Phi) is 9.10. The molecule has 0 bridgehead atoms. The zero-order chi connectivity index (χ0) is 46.1. The van der Waals surface area contributed by atoms with Gasteiger partial charge in [0.05, 0.1) is 11.2 Å². The first-order valence-corrected chi connectivity index (χ1v) is 23.4. The molecule has 10 aromatic carbocycles. The summed E-state index contributed by atoms with van der Waals surface area (Å²) in [6.45, 7) is 0. The van der Waals surface area contributed by atoms with Crippen LogP contribution in [0.4, 0.5) is 0 Å². The molecule has 6 nitrogen and oxygen atoms in total. The third-order valence-electron chi connectivity index (χ3n) is 13.6. The third-order valence-corrected chi connectivity index (χ3v) is 13.6. The average Bonchev–Trinajstić information content (AvgIpc) is 4.01. The number of hydrogen-bond donors (Lipinski definition) is 0. The van der Waals surface area contributed by atoms with Crippen molar-refractivity contribution >= 4 is 65.6 Å². The molecular weight excluding hydrogens is 857 g/mol. The number of benzene rings is 10. The fraction of sp³-hybridized carbons (Fsp3) is 0. The second kappa shape index (κ2) is 16.1. The van der Waals surface area contributed by atoms with E-state index in [4.69, 9.17) is 28.8 Å². The smallest absolute Gasteiger partial charge is 0.164 e. The summed E-state index contributed by atoms with van der Waals surface area (Å²) in [5.41, 5.74) is 15.6. The van der Waals surface area contributed by atoms with Gasteiger partial charge in [-0.2, -0.15) is 0 Å². The molecule has 0 aliphatic heterocycles. The van der Waals surface area contributed by atoms with Crippen molar-refractivity contribution < 1.29 is 8.83 Å². The van der Waals surface area contributed by atoms with Gasteiger partial charge in [-0.3, -0.25) is 0 Å². The fourth-order valence-corrected chi connectivity index (χ4v) is 10.2. The monoisotopic (exact) mass is 894 g/mol. The van der Waals surface area contributed by atoms with E-state index >= 15 is 0 Å². The lowest BCUT2D eigenvalue weighted by atomic mass is 9.89. The van der Waals surface area contributed by atoms with Crippen molar-refractivity contribution in [3.8, 4) is 78.8 Å². The summed E-state index contributed by atoms with van der Waals surface area (Å²) in [6.07, 6.45) is 0. The molecule has 0 aliphatic rings. The zero-order valence-electron chi connectivity index (χ0n) is 37.5. The van der Waals surface area contributed by atoms with E-state index in [1.54, 1.807) is 0 Å². The van der Waals surface area contributed by atoms with Crippen LogP contribution in [0.2, 0.25) is 0 Å². The molecule has 0 radical (unpaired) electrons. The minimum absolute atomic E-state index is 0.601. The van der Waals surface area contributed by atoms with Gasteiger partial charge in [0.1, 0.15) is 22.3 Å². The van der Waals surface area contributed by atoms with Gasteiger partial charge in [-0.1, -0.05) is 206 Å². The fourth-order valence-electron chi connectivity index (χ4n) is 10.2. The third kappa shape index (κ3) is 6.57. The number of pyridine rings is 1. The Morgan fingerprint density at radius 3 is 1.41 bits per heavy atom. The van der Waals surface area contributed by atoms with Gasteiger partial charge < -0.3 is 8.83 Å². The molecule has 0 saturated heterocycles. The molecule has 0 atom stereocenters. The van der Waals surface area contributed by atoms with Crippen LogP contribution in [-0.4, -0.2) is 19.9 Å². The molecule has 4 aromatic heterocycles. The van der Waals surface area contributed by atoms with Gasteiger partial charge in [-0.15, -0.1) is 0 Å². The predicted octanol–water partition coefficient (Wildman–Crippen LogP) is 17.0. The highest BCUT2D eigenvalue weighted by atomic mass is 16.3. The van der Waals surface area contributed by atoms with E-state index in [9.17, 15) is 0 Å². The molecular formula is C64H38N4O2. The zero-order valence-corrected chi connectivity index (χ0v) is 37.5. The SMILES string of the molecule is c1ccc(-c2nc(-c3ccc(-c4ccc(-c5c6c(cc7c(-c8ccccc8)nc8ccccc8c57)oc5ccccc56)cc4)cc3)nc(-c3ccc(-c4cccc5c4oc4ccccc45)cc3)n2)cc1. The number of furan rings is 2. The Labute approximate surface area is 401 Å². The molecule has 14 aromatic rings. The van der Waals surface area contributed by atoms with Crippen LogP contribution in [0, 0.1) is 0 Å². The van der Waals surface area contributed by atoms with Crippen molar-refractivity contribution in [1.82, 2.24) is 19.9 Å². The first kappa shape index (κ1) is 39.6. The lowest BCUT2D eigenvalue weighted by Gasteiger charge is -2.16. The normalized spacial score (nSPS) is 11.7. The van der Waals surface area contributed by atoms with Gasteiger partial charge in [-0.25, -0.2) is 19.9 Å². The van der Waals surface area contributed by atoms with E-state index in [2.05, 4.69) is 164 Å². The molecule has 0 aliphatic carbocycles. The standard InChI is InChI=1S/C64H38N4O2/c1-3-14-43(15-4-1)60-52-38-56-59(51-20-9-12-25-55(51)69-56)57(58(52)50-19-7-10-23-53(50)65-60)42-32-26-39(27-33-42)40-28-34-45(35-29-40)63-66-62(44-16-5-2-6-17-44)67-64(68-63)46-36-30-41(31-37-46)47-21-13-22-49-48-18-8-11-24-54(48)70-61(47)49/h1-38H.